The number of halogens is 1. The van der Waals surface area contributed by atoms with Crippen LogP contribution in [0.3, 0.4) is 0 Å². The van der Waals surface area contributed by atoms with Crippen molar-refractivity contribution in [2.75, 3.05) is 5.32 Å². The van der Waals surface area contributed by atoms with E-state index in [0.717, 1.165) is 32.8 Å². The number of fused-ring (bicyclic) bond motifs is 1. The van der Waals surface area contributed by atoms with Crippen LogP contribution in [0.1, 0.15) is 29.9 Å². The van der Waals surface area contributed by atoms with Gasteiger partial charge in [-0.15, -0.1) is 0 Å². The number of hydrogen-bond acceptors (Lipinski definition) is 3. The quantitative estimate of drug-likeness (QED) is 0.770. The van der Waals surface area contributed by atoms with Crippen LogP contribution in [0, 0.1) is 13.8 Å². The first-order chi connectivity index (χ1) is 10.1. The number of nitrogens with one attached hydrogen (secondary N) is 1. The molecule has 108 valence electrons. The molecule has 1 aromatic carbocycles. The van der Waals surface area contributed by atoms with Crippen molar-refractivity contribution in [3.8, 4) is 0 Å². The van der Waals surface area contributed by atoms with Gasteiger partial charge in [-0.1, -0.05) is 12.1 Å². The van der Waals surface area contributed by atoms with Crippen molar-refractivity contribution >= 4 is 27.3 Å². The summed E-state index contributed by atoms with van der Waals surface area (Å²) in [5, 5.41) is 8.01. The van der Waals surface area contributed by atoms with E-state index in [1.54, 1.807) is 0 Å². The molecule has 0 radical (unpaired) electrons. The lowest BCUT2D eigenvalue weighted by atomic mass is 10.1. The van der Waals surface area contributed by atoms with E-state index in [9.17, 15) is 0 Å². The average molecular weight is 345 g/mol. The van der Waals surface area contributed by atoms with E-state index in [1.807, 2.05) is 41.9 Å². The predicted octanol–water partition coefficient (Wildman–Crippen LogP) is 4.28. The van der Waals surface area contributed by atoms with Crippen molar-refractivity contribution in [3.05, 3.63) is 58.0 Å². The minimum absolute atomic E-state index is 0.144. The van der Waals surface area contributed by atoms with Crippen LogP contribution in [0.4, 0.5) is 5.69 Å². The molecule has 2 heterocycles. The third-order valence-corrected chi connectivity index (χ3v) is 4.29. The molecular weight excluding hydrogens is 328 g/mol. The van der Waals surface area contributed by atoms with E-state index < -0.39 is 0 Å². The summed E-state index contributed by atoms with van der Waals surface area (Å²) in [5.41, 5.74) is 5.19. The molecule has 0 fully saturated rings. The molecule has 0 bridgehead atoms. The highest BCUT2D eigenvalue weighted by atomic mass is 79.9. The van der Waals surface area contributed by atoms with Gasteiger partial charge < -0.3 is 5.32 Å². The maximum absolute atomic E-state index is 4.50. The van der Waals surface area contributed by atoms with Gasteiger partial charge in [-0.25, -0.2) is 9.50 Å². The molecule has 2 aromatic heterocycles. The highest BCUT2D eigenvalue weighted by Gasteiger charge is 2.13. The monoisotopic (exact) mass is 344 g/mol. The van der Waals surface area contributed by atoms with E-state index >= 15 is 0 Å². The molecule has 3 rings (SSSR count). The van der Waals surface area contributed by atoms with E-state index in [4.69, 9.17) is 0 Å². The number of aromatic nitrogens is 3. The molecule has 21 heavy (non-hydrogen) atoms. The maximum Gasteiger partial charge on any atom is 0.155 e. The Morgan fingerprint density at radius 1 is 1.24 bits per heavy atom. The molecule has 4 nitrogen and oxygen atoms in total. The molecule has 1 unspecified atom stereocenters. The minimum atomic E-state index is 0.144. The van der Waals surface area contributed by atoms with Crippen LogP contribution in [0.2, 0.25) is 0 Å². The summed E-state index contributed by atoms with van der Waals surface area (Å²) in [4.78, 5) is 4.50. The summed E-state index contributed by atoms with van der Waals surface area (Å²) >= 11 is 3.56. The van der Waals surface area contributed by atoms with Crippen molar-refractivity contribution in [1.82, 2.24) is 14.6 Å². The molecule has 0 amide bonds. The van der Waals surface area contributed by atoms with Gasteiger partial charge in [0.2, 0.25) is 0 Å². The van der Waals surface area contributed by atoms with Crippen molar-refractivity contribution < 1.29 is 0 Å². The van der Waals surface area contributed by atoms with Gasteiger partial charge in [0.05, 0.1) is 11.7 Å². The van der Waals surface area contributed by atoms with Crippen LogP contribution < -0.4 is 5.32 Å². The van der Waals surface area contributed by atoms with Gasteiger partial charge in [-0.3, -0.25) is 0 Å². The summed E-state index contributed by atoms with van der Waals surface area (Å²) in [7, 11) is 0. The Bertz CT molecular complexity index is 794. The van der Waals surface area contributed by atoms with Crippen LogP contribution in [0.5, 0.6) is 0 Å². The van der Waals surface area contributed by atoms with Gasteiger partial charge in [0.25, 0.3) is 0 Å². The highest BCUT2D eigenvalue weighted by molar-refractivity contribution is 9.10. The zero-order chi connectivity index (χ0) is 15.0. The molecular formula is C16H17BrN4. The number of hydrogen-bond donors (Lipinski definition) is 1. The summed E-state index contributed by atoms with van der Waals surface area (Å²) in [6.45, 7) is 6.19. The molecule has 0 saturated carbocycles. The lowest BCUT2D eigenvalue weighted by Crippen LogP contribution is -2.12. The standard InChI is InChI=1S/C16H17BrN4/c1-10-8-16-18-9-13(12(3)21(16)20-10)11(2)19-15-7-5-4-6-14(15)17/h4-9,11,19H,1-3H3. The Balaban J connectivity index is 1.96. The third-order valence-electron chi connectivity index (χ3n) is 3.60. The van der Waals surface area contributed by atoms with Crippen LogP contribution in [0.25, 0.3) is 5.65 Å². The van der Waals surface area contributed by atoms with E-state index in [-0.39, 0.29) is 6.04 Å². The van der Waals surface area contributed by atoms with Gasteiger partial charge in [-0.05, 0) is 48.8 Å². The van der Waals surface area contributed by atoms with Crippen molar-refractivity contribution in [3.63, 3.8) is 0 Å². The largest absolute Gasteiger partial charge is 0.377 e. The molecule has 1 atom stereocenters. The van der Waals surface area contributed by atoms with E-state index in [2.05, 4.69) is 51.2 Å². The molecule has 0 aliphatic heterocycles. The maximum atomic E-state index is 4.50. The zero-order valence-corrected chi connectivity index (χ0v) is 13.8. The summed E-state index contributed by atoms with van der Waals surface area (Å²) in [5.74, 6) is 0. The number of nitrogens with zero attached hydrogens (tertiary/aromatic N) is 3. The fourth-order valence-corrected chi connectivity index (χ4v) is 2.89. The van der Waals surface area contributed by atoms with Gasteiger partial charge in [0.15, 0.2) is 5.65 Å². The average Bonchev–Trinajstić information content (AvgIpc) is 2.83. The molecule has 5 heteroatoms. The SMILES string of the molecule is Cc1cc2ncc(C(C)Nc3ccccc3Br)c(C)n2n1. The van der Waals surface area contributed by atoms with E-state index in [1.165, 1.54) is 0 Å². The first-order valence-electron chi connectivity index (χ1n) is 6.89. The molecule has 0 saturated heterocycles. The highest BCUT2D eigenvalue weighted by Crippen LogP contribution is 2.27. The van der Waals surface area contributed by atoms with Crippen molar-refractivity contribution in [1.29, 1.82) is 0 Å². The smallest absolute Gasteiger partial charge is 0.155 e. The van der Waals surface area contributed by atoms with Crippen molar-refractivity contribution in [2.45, 2.75) is 26.8 Å². The Morgan fingerprint density at radius 2 is 2.00 bits per heavy atom. The number of rotatable bonds is 3. The summed E-state index contributed by atoms with van der Waals surface area (Å²) in [6, 6.07) is 10.2. The molecule has 1 N–H and O–H groups in total. The Kier molecular flexibility index (Phi) is 3.68. The number of benzene rings is 1. The summed E-state index contributed by atoms with van der Waals surface area (Å²) in [6.07, 6.45) is 1.93. The van der Waals surface area contributed by atoms with Gasteiger partial charge >= 0.3 is 0 Å². The van der Waals surface area contributed by atoms with Gasteiger partial charge in [0.1, 0.15) is 0 Å². The van der Waals surface area contributed by atoms with Gasteiger partial charge in [0, 0.05) is 33.7 Å². The molecule has 0 aliphatic rings. The molecule has 0 spiro atoms. The number of anilines is 1. The second kappa shape index (κ2) is 5.48. The fourth-order valence-electron chi connectivity index (χ4n) is 2.49. The Hall–Kier alpha value is -1.88. The second-order valence-corrected chi connectivity index (χ2v) is 6.05. The first kappa shape index (κ1) is 14.1. The topological polar surface area (TPSA) is 42.2 Å². The van der Waals surface area contributed by atoms with E-state index in [0.29, 0.717) is 0 Å². The lowest BCUT2D eigenvalue weighted by Gasteiger charge is -2.18. The van der Waals surface area contributed by atoms with Crippen LogP contribution in [-0.4, -0.2) is 14.6 Å². The minimum Gasteiger partial charge on any atom is -0.377 e. The van der Waals surface area contributed by atoms with Crippen LogP contribution in [0.15, 0.2) is 41.0 Å². The first-order valence-corrected chi connectivity index (χ1v) is 7.68. The van der Waals surface area contributed by atoms with Crippen LogP contribution >= 0.6 is 15.9 Å². The van der Waals surface area contributed by atoms with Gasteiger partial charge in [-0.2, -0.15) is 5.10 Å². The Morgan fingerprint density at radius 3 is 2.76 bits per heavy atom. The number of aryl methyl sites for hydroxylation is 2. The normalized spacial score (nSPS) is 12.6. The third kappa shape index (κ3) is 2.65. The second-order valence-electron chi connectivity index (χ2n) is 5.20. The Labute approximate surface area is 132 Å². The lowest BCUT2D eigenvalue weighted by molar-refractivity contribution is 0.797. The molecule has 3 aromatic rings. The zero-order valence-electron chi connectivity index (χ0n) is 12.3. The predicted molar refractivity (Wildman–Crippen MR) is 88.6 cm³/mol. The molecule has 0 aliphatic carbocycles. The summed E-state index contributed by atoms with van der Waals surface area (Å²) < 4.78 is 2.96. The number of para-hydroxylation sites is 1. The van der Waals surface area contributed by atoms with Crippen molar-refractivity contribution in [2.24, 2.45) is 0 Å². The van der Waals surface area contributed by atoms with Crippen LogP contribution in [-0.2, 0) is 0 Å². The fraction of sp³-hybridized carbons (Fsp3) is 0.250.